The second kappa shape index (κ2) is 4.46. The summed E-state index contributed by atoms with van der Waals surface area (Å²) in [6.45, 7) is 0.817. The molecule has 90 valence electrons. The Morgan fingerprint density at radius 1 is 1.35 bits per heavy atom. The zero-order valence-electron chi connectivity index (χ0n) is 9.71. The summed E-state index contributed by atoms with van der Waals surface area (Å²) < 4.78 is 6.89. The SMILES string of the molecule is NC1C=C(Cc2cc(Br)cc3c2OCC3)CC1. The minimum absolute atomic E-state index is 0.256. The maximum Gasteiger partial charge on any atom is 0.126 e. The van der Waals surface area contributed by atoms with Crippen LogP contribution in [0.3, 0.4) is 0 Å². The quantitative estimate of drug-likeness (QED) is 0.851. The number of nitrogens with two attached hydrogens (primary N) is 1. The number of hydrogen-bond donors (Lipinski definition) is 1. The third kappa shape index (κ3) is 2.26. The monoisotopic (exact) mass is 293 g/mol. The van der Waals surface area contributed by atoms with Crippen molar-refractivity contribution in [3.8, 4) is 5.75 Å². The maximum absolute atomic E-state index is 5.90. The minimum atomic E-state index is 0.256. The van der Waals surface area contributed by atoms with Gasteiger partial charge in [-0.15, -0.1) is 0 Å². The molecule has 0 bridgehead atoms. The molecule has 0 saturated carbocycles. The van der Waals surface area contributed by atoms with Gasteiger partial charge in [0.25, 0.3) is 0 Å². The minimum Gasteiger partial charge on any atom is -0.493 e. The third-order valence-electron chi connectivity index (χ3n) is 3.49. The van der Waals surface area contributed by atoms with Crippen LogP contribution in [-0.2, 0) is 12.8 Å². The fraction of sp³-hybridized carbons (Fsp3) is 0.429. The van der Waals surface area contributed by atoms with Crippen molar-refractivity contribution in [3.05, 3.63) is 39.4 Å². The summed E-state index contributed by atoms with van der Waals surface area (Å²) >= 11 is 3.58. The summed E-state index contributed by atoms with van der Waals surface area (Å²) in [5.41, 5.74) is 9.99. The van der Waals surface area contributed by atoms with Crippen LogP contribution in [0, 0.1) is 0 Å². The number of allylic oxidation sites excluding steroid dienone is 1. The summed E-state index contributed by atoms with van der Waals surface area (Å²) in [5, 5.41) is 0. The summed E-state index contributed by atoms with van der Waals surface area (Å²) in [5.74, 6) is 1.11. The molecule has 0 fully saturated rings. The number of hydrogen-bond acceptors (Lipinski definition) is 2. The Kier molecular flexibility index (Phi) is 2.97. The normalized spacial score (nSPS) is 22.2. The van der Waals surface area contributed by atoms with Gasteiger partial charge in [0.1, 0.15) is 5.75 Å². The third-order valence-corrected chi connectivity index (χ3v) is 3.95. The topological polar surface area (TPSA) is 35.2 Å². The average molecular weight is 294 g/mol. The van der Waals surface area contributed by atoms with Gasteiger partial charge in [0.2, 0.25) is 0 Å². The van der Waals surface area contributed by atoms with Crippen molar-refractivity contribution in [3.63, 3.8) is 0 Å². The molecule has 1 aromatic carbocycles. The molecule has 1 atom stereocenters. The highest BCUT2D eigenvalue weighted by molar-refractivity contribution is 9.10. The zero-order valence-corrected chi connectivity index (χ0v) is 11.3. The summed E-state index contributed by atoms with van der Waals surface area (Å²) in [6.07, 6.45) is 6.44. The molecule has 1 aromatic rings. The van der Waals surface area contributed by atoms with E-state index in [2.05, 4.69) is 34.1 Å². The van der Waals surface area contributed by atoms with E-state index < -0.39 is 0 Å². The average Bonchev–Trinajstić information content (AvgIpc) is 2.87. The van der Waals surface area contributed by atoms with E-state index in [9.17, 15) is 0 Å². The lowest BCUT2D eigenvalue weighted by molar-refractivity contribution is 0.354. The van der Waals surface area contributed by atoms with Crippen LogP contribution in [0.4, 0.5) is 0 Å². The molecular weight excluding hydrogens is 278 g/mol. The summed E-state index contributed by atoms with van der Waals surface area (Å²) in [7, 11) is 0. The maximum atomic E-state index is 5.90. The van der Waals surface area contributed by atoms with Crippen LogP contribution in [-0.4, -0.2) is 12.6 Å². The van der Waals surface area contributed by atoms with Gasteiger partial charge < -0.3 is 10.5 Å². The van der Waals surface area contributed by atoms with Gasteiger partial charge in [0.05, 0.1) is 6.61 Å². The Morgan fingerprint density at radius 2 is 2.24 bits per heavy atom. The Hall–Kier alpha value is -0.800. The number of benzene rings is 1. The number of fused-ring (bicyclic) bond motifs is 1. The molecule has 2 aliphatic rings. The Bertz CT molecular complexity index is 481. The van der Waals surface area contributed by atoms with Crippen LogP contribution >= 0.6 is 15.9 Å². The zero-order chi connectivity index (χ0) is 11.8. The number of halogens is 1. The van der Waals surface area contributed by atoms with E-state index in [1.54, 1.807) is 0 Å². The second-order valence-corrected chi connectivity index (χ2v) is 5.77. The largest absolute Gasteiger partial charge is 0.493 e. The van der Waals surface area contributed by atoms with Crippen molar-refractivity contribution in [1.29, 1.82) is 0 Å². The van der Waals surface area contributed by atoms with Gasteiger partial charge in [-0.1, -0.05) is 27.6 Å². The van der Waals surface area contributed by atoms with E-state index in [0.717, 1.165) is 42.5 Å². The first-order valence-corrected chi connectivity index (χ1v) is 6.91. The first kappa shape index (κ1) is 11.3. The van der Waals surface area contributed by atoms with E-state index in [1.807, 2.05) is 0 Å². The van der Waals surface area contributed by atoms with Crippen LogP contribution in [0.25, 0.3) is 0 Å². The van der Waals surface area contributed by atoms with Crippen molar-refractivity contribution < 1.29 is 4.74 Å². The molecule has 3 rings (SSSR count). The highest BCUT2D eigenvalue weighted by atomic mass is 79.9. The molecule has 0 radical (unpaired) electrons. The summed E-state index contributed by atoms with van der Waals surface area (Å²) in [4.78, 5) is 0. The van der Waals surface area contributed by atoms with Crippen molar-refractivity contribution >= 4 is 15.9 Å². The van der Waals surface area contributed by atoms with Crippen LogP contribution in [0.15, 0.2) is 28.3 Å². The molecular formula is C14H16BrNO. The number of rotatable bonds is 2. The molecule has 2 N–H and O–H groups in total. The van der Waals surface area contributed by atoms with E-state index >= 15 is 0 Å². The molecule has 0 aromatic heterocycles. The Morgan fingerprint density at radius 3 is 3.00 bits per heavy atom. The lowest BCUT2D eigenvalue weighted by Crippen LogP contribution is -2.11. The number of ether oxygens (including phenoxy) is 1. The van der Waals surface area contributed by atoms with Crippen molar-refractivity contribution in [1.82, 2.24) is 0 Å². The first-order chi connectivity index (χ1) is 8.22. The van der Waals surface area contributed by atoms with Gasteiger partial charge >= 0.3 is 0 Å². The van der Waals surface area contributed by atoms with Gasteiger partial charge in [-0.3, -0.25) is 0 Å². The smallest absolute Gasteiger partial charge is 0.126 e. The fourth-order valence-electron chi connectivity index (χ4n) is 2.69. The molecule has 1 aliphatic carbocycles. The van der Waals surface area contributed by atoms with Gasteiger partial charge in [0, 0.05) is 16.9 Å². The van der Waals surface area contributed by atoms with Crippen molar-refractivity contribution in [2.24, 2.45) is 5.73 Å². The molecule has 1 heterocycles. The van der Waals surface area contributed by atoms with Gasteiger partial charge in [-0.25, -0.2) is 0 Å². The van der Waals surface area contributed by atoms with Crippen LogP contribution in [0.1, 0.15) is 24.0 Å². The van der Waals surface area contributed by atoms with E-state index in [1.165, 1.54) is 16.7 Å². The highest BCUT2D eigenvalue weighted by Crippen LogP contribution is 2.35. The van der Waals surface area contributed by atoms with E-state index in [4.69, 9.17) is 10.5 Å². The predicted octanol–water partition coefficient (Wildman–Crippen LogP) is 2.97. The van der Waals surface area contributed by atoms with Gasteiger partial charge in [0.15, 0.2) is 0 Å². The van der Waals surface area contributed by atoms with Crippen LogP contribution in [0.5, 0.6) is 5.75 Å². The molecule has 2 nitrogen and oxygen atoms in total. The first-order valence-electron chi connectivity index (χ1n) is 6.11. The van der Waals surface area contributed by atoms with E-state index in [-0.39, 0.29) is 6.04 Å². The predicted molar refractivity (Wildman–Crippen MR) is 72.3 cm³/mol. The molecule has 1 aliphatic heterocycles. The summed E-state index contributed by atoms with van der Waals surface area (Å²) in [6, 6.07) is 4.60. The second-order valence-electron chi connectivity index (χ2n) is 4.86. The van der Waals surface area contributed by atoms with Crippen LogP contribution < -0.4 is 10.5 Å². The molecule has 0 spiro atoms. The molecule has 17 heavy (non-hydrogen) atoms. The molecule has 3 heteroatoms. The fourth-order valence-corrected chi connectivity index (χ4v) is 3.24. The molecule has 0 saturated heterocycles. The van der Waals surface area contributed by atoms with Crippen molar-refractivity contribution in [2.45, 2.75) is 31.7 Å². The lowest BCUT2D eigenvalue weighted by Gasteiger charge is -2.09. The lowest BCUT2D eigenvalue weighted by atomic mass is 10.0. The highest BCUT2D eigenvalue weighted by Gasteiger charge is 2.19. The van der Waals surface area contributed by atoms with Gasteiger partial charge in [-0.05, 0) is 42.5 Å². The Balaban J connectivity index is 1.90. The standard InChI is InChI=1S/C14H16BrNO/c15-12-7-10-3-4-17-14(10)11(8-12)5-9-1-2-13(16)6-9/h6-8,13H,1-5,16H2. The Labute approximate surface area is 110 Å². The molecule has 0 amide bonds. The van der Waals surface area contributed by atoms with Crippen molar-refractivity contribution in [2.75, 3.05) is 6.61 Å². The van der Waals surface area contributed by atoms with E-state index in [0.29, 0.717) is 0 Å². The van der Waals surface area contributed by atoms with Crippen LogP contribution in [0.2, 0.25) is 0 Å². The van der Waals surface area contributed by atoms with Gasteiger partial charge in [-0.2, -0.15) is 0 Å². The molecule has 1 unspecified atom stereocenters.